The van der Waals surface area contributed by atoms with Crippen molar-refractivity contribution in [2.24, 2.45) is 0 Å². The number of aromatic nitrogens is 2. The topological polar surface area (TPSA) is 90.4 Å². The Kier molecular flexibility index (Phi) is 6.36. The normalized spacial score (nSPS) is 10.2. The zero-order chi connectivity index (χ0) is 16.7. The summed E-state index contributed by atoms with van der Waals surface area (Å²) < 4.78 is 10.5. The number of thioether (sulfide) groups is 1. The smallest absolute Gasteiger partial charge is 0.316 e. The van der Waals surface area contributed by atoms with Crippen LogP contribution in [0.15, 0.2) is 28.6 Å². The zero-order valence-electron chi connectivity index (χ0n) is 12.6. The minimum atomic E-state index is -0.345. The van der Waals surface area contributed by atoms with Gasteiger partial charge in [0.15, 0.2) is 10.9 Å². The van der Waals surface area contributed by atoms with Crippen LogP contribution in [0.25, 0.3) is 0 Å². The van der Waals surface area contributed by atoms with E-state index in [2.05, 4.69) is 20.3 Å². The summed E-state index contributed by atoms with van der Waals surface area (Å²) in [5, 5.41) is 10.7. The van der Waals surface area contributed by atoms with E-state index in [-0.39, 0.29) is 24.2 Å². The number of esters is 1. The van der Waals surface area contributed by atoms with Crippen molar-refractivity contribution in [2.75, 3.05) is 24.8 Å². The second kappa shape index (κ2) is 8.49. The van der Waals surface area contributed by atoms with Crippen LogP contribution in [0.4, 0.5) is 5.13 Å². The molecule has 7 nitrogen and oxygen atoms in total. The Hall–Kier alpha value is -2.13. The molecule has 0 saturated carbocycles. The molecule has 1 heterocycles. The second-order valence-corrected chi connectivity index (χ2v) is 6.59. The summed E-state index contributed by atoms with van der Waals surface area (Å²) in [6, 6.07) is 7.41. The number of carbonyl (C=O) groups is 2. The lowest BCUT2D eigenvalue weighted by Gasteiger charge is -2.05. The van der Waals surface area contributed by atoms with E-state index < -0.39 is 0 Å². The Morgan fingerprint density at radius 1 is 1.26 bits per heavy atom. The predicted molar refractivity (Wildman–Crippen MR) is 88.0 cm³/mol. The van der Waals surface area contributed by atoms with Gasteiger partial charge in [0, 0.05) is 0 Å². The molecule has 0 aliphatic heterocycles. The number of anilines is 1. The number of benzene rings is 1. The molecule has 0 unspecified atom stereocenters. The van der Waals surface area contributed by atoms with Gasteiger partial charge in [-0.15, -0.1) is 10.2 Å². The Labute approximate surface area is 141 Å². The van der Waals surface area contributed by atoms with Gasteiger partial charge in [-0.1, -0.05) is 40.8 Å². The summed E-state index contributed by atoms with van der Waals surface area (Å²) in [6.07, 6.45) is 0. The molecular formula is C14H15N3O4S2. The van der Waals surface area contributed by atoms with Crippen LogP contribution in [-0.2, 0) is 14.3 Å². The van der Waals surface area contributed by atoms with Gasteiger partial charge in [0.05, 0.1) is 12.9 Å². The van der Waals surface area contributed by atoms with Crippen molar-refractivity contribution in [3.8, 4) is 5.75 Å². The largest absolute Gasteiger partial charge is 0.484 e. The van der Waals surface area contributed by atoms with Crippen LogP contribution in [0, 0.1) is 6.92 Å². The van der Waals surface area contributed by atoms with E-state index in [0.29, 0.717) is 15.2 Å². The zero-order valence-corrected chi connectivity index (χ0v) is 14.2. The van der Waals surface area contributed by atoms with E-state index >= 15 is 0 Å². The highest BCUT2D eigenvalue weighted by Crippen LogP contribution is 2.25. The van der Waals surface area contributed by atoms with Crippen molar-refractivity contribution in [1.82, 2.24) is 10.2 Å². The summed E-state index contributed by atoms with van der Waals surface area (Å²) >= 11 is 2.38. The molecule has 2 aromatic rings. The molecule has 0 fully saturated rings. The Morgan fingerprint density at radius 2 is 2.00 bits per heavy atom. The highest BCUT2D eigenvalue weighted by molar-refractivity contribution is 8.01. The summed E-state index contributed by atoms with van der Waals surface area (Å²) in [5.41, 5.74) is 1.12. The van der Waals surface area contributed by atoms with E-state index in [9.17, 15) is 9.59 Å². The van der Waals surface area contributed by atoms with Crippen molar-refractivity contribution in [3.63, 3.8) is 0 Å². The SMILES string of the molecule is COC(=O)CSc1nnc(NC(=O)COc2ccc(C)cc2)s1. The lowest BCUT2D eigenvalue weighted by molar-refractivity contribution is -0.137. The fourth-order valence-corrected chi connectivity index (χ4v) is 3.04. The van der Waals surface area contributed by atoms with Gasteiger partial charge < -0.3 is 9.47 Å². The average molecular weight is 353 g/mol. The number of rotatable bonds is 7. The van der Waals surface area contributed by atoms with E-state index in [1.54, 1.807) is 12.1 Å². The van der Waals surface area contributed by atoms with Crippen LogP contribution < -0.4 is 10.1 Å². The molecule has 0 aliphatic rings. The van der Waals surface area contributed by atoms with Gasteiger partial charge in [-0.25, -0.2) is 0 Å². The number of amides is 1. The van der Waals surface area contributed by atoms with E-state index in [1.807, 2.05) is 19.1 Å². The summed E-state index contributed by atoms with van der Waals surface area (Å²) in [4.78, 5) is 22.8. The molecule has 23 heavy (non-hydrogen) atoms. The number of hydrogen-bond acceptors (Lipinski definition) is 8. The lowest BCUT2D eigenvalue weighted by atomic mass is 10.2. The molecule has 0 aliphatic carbocycles. The third-order valence-electron chi connectivity index (χ3n) is 2.58. The fourth-order valence-electron chi connectivity index (χ4n) is 1.44. The summed E-state index contributed by atoms with van der Waals surface area (Å²) in [6.45, 7) is 1.86. The Balaban J connectivity index is 1.77. The lowest BCUT2D eigenvalue weighted by Crippen LogP contribution is -2.20. The molecule has 0 spiro atoms. The monoisotopic (exact) mass is 353 g/mol. The number of methoxy groups -OCH3 is 1. The minimum Gasteiger partial charge on any atom is -0.484 e. The first-order chi connectivity index (χ1) is 11.1. The first-order valence-corrected chi connectivity index (χ1v) is 8.39. The van der Waals surface area contributed by atoms with Gasteiger partial charge >= 0.3 is 5.97 Å². The third-order valence-corrected chi connectivity index (χ3v) is 4.53. The standard InChI is InChI=1S/C14H15N3O4S2/c1-9-3-5-10(6-4-9)21-7-11(18)15-13-16-17-14(23-13)22-8-12(19)20-2/h3-6H,7-8H2,1-2H3,(H,15,16,18). The molecule has 0 radical (unpaired) electrons. The molecule has 1 aromatic carbocycles. The van der Waals surface area contributed by atoms with E-state index in [1.165, 1.54) is 30.2 Å². The van der Waals surface area contributed by atoms with Crippen LogP contribution in [0.2, 0.25) is 0 Å². The maximum atomic E-state index is 11.8. The van der Waals surface area contributed by atoms with Gasteiger partial charge in [0.25, 0.3) is 5.91 Å². The number of hydrogen-bond donors (Lipinski definition) is 1. The van der Waals surface area contributed by atoms with Crippen LogP contribution in [0.3, 0.4) is 0 Å². The summed E-state index contributed by atoms with van der Waals surface area (Å²) in [7, 11) is 1.32. The minimum absolute atomic E-state index is 0.118. The number of carbonyl (C=O) groups excluding carboxylic acids is 2. The molecule has 2 rings (SSSR count). The van der Waals surface area contributed by atoms with Crippen LogP contribution in [0.1, 0.15) is 5.56 Å². The van der Waals surface area contributed by atoms with E-state index in [4.69, 9.17) is 4.74 Å². The fraction of sp³-hybridized carbons (Fsp3) is 0.286. The maximum Gasteiger partial charge on any atom is 0.316 e. The van der Waals surface area contributed by atoms with Crippen molar-refractivity contribution in [3.05, 3.63) is 29.8 Å². The second-order valence-electron chi connectivity index (χ2n) is 4.39. The first-order valence-electron chi connectivity index (χ1n) is 6.59. The Bertz CT molecular complexity index is 673. The quantitative estimate of drug-likeness (QED) is 0.463. The van der Waals surface area contributed by atoms with Crippen molar-refractivity contribution in [1.29, 1.82) is 0 Å². The van der Waals surface area contributed by atoms with E-state index in [0.717, 1.165) is 5.56 Å². The molecule has 122 valence electrons. The molecular weight excluding hydrogens is 338 g/mol. The number of nitrogens with one attached hydrogen (secondary N) is 1. The third kappa shape index (κ3) is 5.87. The molecule has 1 aromatic heterocycles. The van der Waals surface area contributed by atoms with Gasteiger partial charge in [-0.2, -0.15) is 0 Å². The first kappa shape index (κ1) is 17.2. The number of ether oxygens (including phenoxy) is 2. The molecule has 0 atom stereocenters. The number of nitrogens with zero attached hydrogens (tertiary/aromatic N) is 2. The highest BCUT2D eigenvalue weighted by Gasteiger charge is 2.11. The number of aryl methyl sites for hydroxylation is 1. The summed E-state index contributed by atoms with van der Waals surface area (Å²) in [5.74, 6) is 0.0983. The van der Waals surface area contributed by atoms with Crippen molar-refractivity contribution < 1.29 is 19.1 Å². The maximum absolute atomic E-state index is 11.8. The van der Waals surface area contributed by atoms with Crippen molar-refractivity contribution in [2.45, 2.75) is 11.3 Å². The molecule has 9 heteroatoms. The van der Waals surface area contributed by atoms with Crippen molar-refractivity contribution >= 4 is 40.1 Å². The molecule has 1 N–H and O–H groups in total. The molecule has 1 amide bonds. The average Bonchev–Trinajstić information content (AvgIpc) is 2.99. The van der Waals surface area contributed by atoms with Crippen LogP contribution in [-0.4, -0.2) is 41.5 Å². The van der Waals surface area contributed by atoms with Gasteiger partial charge in [0.2, 0.25) is 5.13 Å². The highest BCUT2D eigenvalue weighted by atomic mass is 32.2. The molecule has 0 bridgehead atoms. The predicted octanol–water partition coefficient (Wildman–Crippen LogP) is 2.13. The van der Waals surface area contributed by atoms with Gasteiger partial charge in [-0.05, 0) is 19.1 Å². The van der Waals surface area contributed by atoms with Gasteiger partial charge in [0.1, 0.15) is 5.75 Å². The Morgan fingerprint density at radius 3 is 2.70 bits per heavy atom. The van der Waals surface area contributed by atoms with Crippen LogP contribution >= 0.6 is 23.1 Å². The van der Waals surface area contributed by atoms with Gasteiger partial charge in [-0.3, -0.25) is 14.9 Å². The van der Waals surface area contributed by atoms with Crippen LogP contribution in [0.5, 0.6) is 5.75 Å². The molecule has 0 saturated heterocycles.